The van der Waals surface area contributed by atoms with Crippen molar-refractivity contribution in [2.45, 2.75) is 71.0 Å². The van der Waals surface area contributed by atoms with Crippen LogP contribution in [0.5, 0.6) is 0 Å². The van der Waals surface area contributed by atoms with Gasteiger partial charge in [0.2, 0.25) is 0 Å². The Morgan fingerprint density at radius 3 is 2.43 bits per heavy atom. The molecule has 1 fully saturated rings. The second-order valence-corrected chi connectivity index (χ2v) is 6.61. The molecule has 0 spiro atoms. The first-order valence-corrected chi connectivity index (χ1v) is 7.81. The van der Waals surface area contributed by atoms with Crippen molar-refractivity contribution in [3.63, 3.8) is 0 Å². The number of likely N-dealkylation sites (tertiary alicyclic amines) is 1. The highest BCUT2D eigenvalue weighted by Gasteiger charge is 2.36. The fraction of sp³-hybridized carbons (Fsp3) is 0.875. The third-order valence-corrected chi connectivity index (χ3v) is 3.81. The summed E-state index contributed by atoms with van der Waals surface area (Å²) in [6.07, 6.45) is 3.65. The van der Waals surface area contributed by atoms with E-state index >= 15 is 0 Å². The summed E-state index contributed by atoms with van der Waals surface area (Å²) >= 11 is 0. The number of rotatable bonds is 5. The van der Waals surface area contributed by atoms with Crippen LogP contribution in [0.25, 0.3) is 0 Å². The minimum absolute atomic E-state index is 0.145. The van der Waals surface area contributed by atoms with Crippen molar-refractivity contribution < 1.29 is 14.3 Å². The number of hydrogen-bond acceptors (Lipinski definition) is 4. The van der Waals surface area contributed by atoms with Gasteiger partial charge in [0.15, 0.2) is 0 Å². The topological polar surface area (TPSA) is 62.6 Å². The molecule has 0 aromatic carbocycles. The lowest BCUT2D eigenvalue weighted by Gasteiger charge is -2.41. The van der Waals surface area contributed by atoms with Crippen LogP contribution in [-0.2, 0) is 9.47 Å². The average Bonchev–Trinajstić information content (AvgIpc) is 2.42. The molecule has 1 rings (SSSR count). The monoisotopic (exact) mass is 296 g/mol. The summed E-state index contributed by atoms with van der Waals surface area (Å²) < 4.78 is 11.4. The van der Waals surface area contributed by atoms with Crippen LogP contribution in [0.15, 0.2) is 0 Å². The molecule has 0 radical (unpaired) electrons. The summed E-state index contributed by atoms with van der Waals surface area (Å²) in [6.45, 7) is 9.71. The predicted molar refractivity (Wildman–Crippen MR) is 80.9 cm³/mol. The molecule has 0 saturated carbocycles. The molecule has 5 nitrogen and oxygen atoms in total. The van der Waals surface area contributed by atoms with Gasteiger partial charge in [0.25, 0.3) is 0 Å². The Kier molecular flexibility index (Phi) is 6.47. The van der Waals surface area contributed by atoms with E-state index in [2.05, 4.69) is 13.0 Å². The molecule has 0 aromatic heterocycles. The van der Waals surface area contributed by atoms with Gasteiger partial charge in [-0.25, -0.2) is 4.79 Å². The van der Waals surface area contributed by atoms with Crippen molar-refractivity contribution >= 4 is 6.09 Å². The lowest BCUT2D eigenvalue weighted by Crippen LogP contribution is -2.49. The fourth-order valence-electron chi connectivity index (χ4n) is 2.46. The third kappa shape index (κ3) is 5.92. The fourth-order valence-corrected chi connectivity index (χ4v) is 2.46. The Labute approximate surface area is 128 Å². The van der Waals surface area contributed by atoms with Gasteiger partial charge >= 0.3 is 6.09 Å². The Morgan fingerprint density at radius 2 is 1.95 bits per heavy atom. The quantitative estimate of drug-likeness (QED) is 0.729. The number of unbranched alkanes of at least 4 members (excludes halogenated alkanes) is 1. The summed E-state index contributed by atoms with van der Waals surface area (Å²) in [5.41, 5.74) is -0.599. The van der Waals surface area contributed by atoms with Crippen LogP contribution in [0.1, 0.15) is 59.8 Å². The number of carbonyl (C=O) groups is 1. The maximum Gasteiger partial charge on any atom is 0.410 e. The van der Waals surface area contributed by atoms with Crippen molar-refractivity contribution in [2.75, 3.05) is 19.7 Å². The zero-order valence-electron chi connectivity index (χ0n) is 13.8. The molecule has 1 heterocycles. The second-order valence-electron chi connectivity index (χ2n) is 6.61. The van der Waals surface area contributed by atoms with Crippen molar-refractivity contribution in [2.24, 2.45) is 0 Å². The van der Waals surface area contributed by atoms with Crippen LogP contribution in [0.2, 0.25) is 0 Å². The summed E-state index contributed by atoms with van der Waals surface area (Å²) in [4.78, 5) is 13.8. The van der Waals surface area contributed by atoms with E-state index in [0.717, 1.165) is 25.7 Å². The Balaban J connectivity index is 2.44. The lowest BCUT2D eigenvalue weighted by atomic mass is 9.88. The molecule has 0 bridgehead atoms. The Bertz CT molecular complexity index is 374. The highest BCUT2D eigenvalue weighted by molar-refractivity contribution is 5.68. The first kappa shape index (κ1) is 17.8. The van der Waals surface area contributed by atoms with Crippen LogP contribution >= 0.6 is 0 Å². The molecular formula is C16H28N2O3. The number of carbonyl (C=O) groups excluding carboxylic acids is 1. The highest BCUT2D eigenvalue weighted by atomic mass is 16.6. The van der Waals surface area contributed by atoms with Crippen molar-refractivity contribution in [1.82, 2.24) is 4.90 Å². The zero-order valence-corrected chi connectivity index (χ0v) is 13.8. The SMILES string of the molecule is CCC1(OCCCC#N)CCN(C(=O)OC(C)(C)C)CC1. The molecule has 1 aliphatic heterocycles. The van der Waals surface area contributed by atoms with E-state index in [1.165, 1.54) is 0 Å². The normalized spacial score (nSPS) is 18.1. The molecule has 1 saturated heterocycles. The van der Waals surface area contributed by atoms with E-state index in [9.17, 15) is 4.79 Å². The molecule has 0 atom stereocenters. The van der Waals surface area contributed by atoms with Crippen LogP contribution in [0, 0.1) is 11.3 Å². The molecule has 120 valence electrons. The predicted octanol–water partition coefficient (Wildman–Crippen LogP) is 3.49. The van der Waals surface area contributed by atoms with Gasteiger partial charge < -0.3 is 14.4 Å². The summed E-state index contributed by atoms with van der Waals surface area (Å²) in [5.74, 6) is 0. The van der Waals surface area contributed by atoms with Gasteiger partial charge in [-0.2, -0.15) is 5.26 Å². The summed E-state index contributed by atoms with van der Waals surface area (Å²) in [6, 6.07) is 2.13. The summed E-state index contributed by atoms with van der Waals surface area (Å²) in [7, 11) is 0. The van der Waals surface area contributed by atoms with E-state index in [-0.39, 0.29) is 11.7 Å². The molecule has 0 unspecified atom stereocenters. The zero-order chi connectivity index (χ0) is 15.9. The van der Waals surface area contributed by atoms with Crippen LogP contribution in [0.4, 0.5) is 4.79 Å². The largest absolute Gasteiger partial charge is 0.444 e. The second kappa shape index (κ2) is 7.65. The number of amides is 1. The van der Waals surface area contributed by atoms with E-state index < -0.39 is 5.60 Å². The van der Waals surface area contributed by atoms with Gasteiger partial charge in [-0.1, -0.05) is 6.92 Å². The lowest BCUT2D eigenvalue weighted by molar-refractivity contribution is -0.0870. The van der Waals surface area contributed by atoms with Crippen LogP contribution in [-0.4, -0.2) is 41.9 Å². The molecule has 21 heavy (non-hydrogen) atoms. The first-order valence-electron chi connectivity index (χ1n) is 7.81. The smallest absolute Gasteiger partial charge is 0.410 e. The van der Waals surface area contributed by atoms with Gasteiger partial charge in [-0.05, 0) is 46.5 Å². The number of piperidine rings is 1. The van der Waals surface area contributed by atoms with Crippen molar-refractivity contribution in [3.05, 3.63) is 0 Å². The molecule has 5 heteroatoms. The third-order valence-electron chi connectivity index (χ3n) is 3.81. The highest BCUT2D eigenvalue weighted by Crippen LogP contribution is 2.30. The van der Waals surface area contributed by atoms with E-state index in [1.54, 1.807) is 4.90 Å². The number of nitrogens with zero attached hydrogens (tertiary/aromatic N) is 2. The molecule has 0 N–H and O–H groups in total. The molecule has 1 aliphatic rings. The summed E-state index contributed by atoms with van der Waals surface area (Å²) in [5, 5.41) is 8.55. The number of ether oxygens (including phenoxy) is 2. The number of hydrogen-bond donors (Lipinski definition) is 0. The van der Waals surface area contributed by atoms with Crippen molar-refractivity contribution in [1.29, 1.82) is 5.26 Å². The Morgan fingerprint density at radius 1 is 1.33 bits per heavy atom. The van der Waals surface area contributed by atoms with Gasteiger partial charge in [-0.15, -0.1) is 0 Å². The van der Waals surface area contributed by atoms with Crippen LogP contribution < -0.4 is 0 Å². The standard InChI is InChI=1S/C16H28N2O3/c1-5-16(20-13-7-6-10-17)8-11-18(12-9-16)14(19)21-15(2,3)4/h5-9,11-13H2,1-4H3. The molecule has 1 amide bonds. The van der Waals surface area contributed by atoms with Gasteiger partial charge in [-0.3, -0.25) is 0 Å². The van der Waals surface area contributed by atoms with E-state index in [1.807, 2.05) is 20.8 Å². The maximum absolute atomic E-state index is 12.0. The number of nitriles is 1. The minimum Gasteiger partial charge on any atom is -0.444 e. The molecular weight excluding hydrogens is 268 g/mol. The first-order chi connectivity index (χ1) is 9.82. The molecule has 0 aromatic rings. The minimum atomic E-state index is -0.454. The maximum atomic E-state index is 12.0. The van der Waals surface area contributed by atoms with Crippen LogP contribution in [0.3, 0.4) is 0 Å². The average molecular weight is 296 g/mol. The van der Waals surface area contributed by atoms with Gasteiger partial charge in [0, 0.05) is 26.1 Å². The van der Waals surface area contributed by atoms with Gasteiger partial charge in [0.1, 0.15) is 5.60 Å². The molecule has 0 aliphatic carbocycles. The van der Waals surface area contributed by atoms with E-state index in [4.69, 9.17) is 14.7 Å². The Hall–Kier alpha value is -1.28. The van der Waals surface area contributed by atoms with Crippen molar-refractivity contribution in [3.8, 4) is 6.07 Å². The van der Waals surface area contributed by atoms with E-state index in [0.29, 0.717) is 26.1 Å². The van der Waals surface area contributed by atoms with Gasteiger partial charge in [0.05, 0.1) is 11.7 Å².